The van der Waals surface area contributed by atoms with Crippen LogP contribution in [0.1, 0.15) is 35.8 Å². The SMILES string of the molecule is CCCNCc1oc2cc(C)c(Br)c(C)c2c1C. The minimum Gasteiger partial charge on any atom is -0.459 e. The van der Waals surface area contributed by atoms with Crippen LogP contribution in [0.25, 0.3) is 11.0 Å². The zero-order valence-electron chi connectivity index (χ0n) is 11.5. The average molecular weight is 310 g/mol. The van der Waals surface area contributed by atoms with Crippen LogP contribution in [0.3, 0.4) is 0 Å². The van der Waals surface area contributed by atoms with Crippen LogP contribution in [-0.2, 0) is 6.54 Å². The van der Waals surface area contributed by atoms with Gasteiger partial charge in [0.1, 0.15) is 11.3 Å². The lowest BCUT2D eigenvalue weighted by atomic mass is 10.0. The van der Waals surface area contributed by atoms with E-state index in [1.165, 1.54) is 26.5 Å². The Morgan fingerprint density at radius 1 is 1.22 bits per heavy atom. The molecule has 0 aliphatic heterocycles. The van der Waals surface area contributed by atoms with Gasteiger partial charge in [-0.15, -0.1) is 0 Å². The molecule has 1 aromatic heterocycles. The maximum absolute atomic E-state index is 5.98. The van der Waals surface area contributed by atoms with E-state index in [4.69, 9.17) is 4.42 Å². The number of halogens is 1. The van der Waals surface area contributed by atoms with E-state index >= 15 is 0 Å². The topological polar surface area (TPSA) is 25.2 Å². The highest BCUT2D eigenvalue weighted by Crippen LogP contribution is 2.34. The Morgan fingerprint density at radius 2 is 1.94 bits per heavy atom. The van der Waals surface area contributed by atoms with Crippen molar-refractivity contribution < 1.29 is 4.42 Å². The summed E-state index contributed by atoms with van der Waals surface area (Å²) in [6.07, 6.45) is 1.14. The summed E-state index contributed by atoms with van der Waals surface area (Å²) in [7, 11) is 0. The van der Waals surface area contributed by atoms with Gasteiger partial charge in [0.25, 0.3) is 0 Å². The molecule has 0 saturated carbocycles. The van der Waals surface area contributed by atoms with Crippen molar-refractivity contribution in [1.82, 2.24) is 5.32 Å². The summed E-state index contributed by atoms with van der Waals surface area (Å²) >= 11 is 3.65. The van der Waals surface area contributed by atoms with Crippen molar-refractivity contribution in [3.63, 3.8) is 0 Å². The molecule has 2 nitrogen and oxygen atoms in total. The highest BCUT2D eigenvalue weighted by Gasteiger charge is 2.15. The Balaban J connectivity index is 2.46. The molecule has 0 bridgehead atoms. The van der Waals surface area contributed by atoms with Gasteiger partial charge in [-0.2, -0.15) is 0 Å². The molecule has 18 heavy (non-hydrogen) atoms. The molecule has 1 aromatic carbocycles. The van der Waals surface area contributed by atoms with Crippen LogP contribution in [0.4, 0.5) is 0 Å². The smallest absolute Gasteiger partial charge is 0.135 e. The molecule has 0 amide bonds. The summed E-state index contributed by atoms with van der Waals surface area (Å²) < 4.78 is 7.17. The quantitative estimate of drug-likeness (QED) is 0.834. The van der Waals surface area contributed by atoms with Crippen molar-refractivity contribution in [2.45, 2.75) is 40.7 Å². The molecule has 0 fully saturated rings. The molecule has 0 atom stereocenters. The highest BCUT2D eigenvalue weighted by molar-refractivity contribution is 9.10. The summed E-state index contributed by atoms with van der Waals surface area (Å²) in [6.45, 7) is 10.4. The molecular weight excluding hydrogens is 290 g/mol. The average Bonchev–Trinajstić information content (AvgIpc) is 2.64. The van der Waals surface area contributed by atoms with E-state index < -0.39 is 0 Å². The molecule has 0 aliphatic carbocycles. The monoisotopic (exact) mass is 309 g/mol. The fourth-order valence-corrected chi connectivity index (χ4v) is 2.68. The standard InChI is InChI=1S/C15H20BrNO/c1-5-6-17-8-13-10(3)14-11(4)15(16)9(2)7-12(14)18-13/h7,17H,5-6,8H2,1-4H3. The van der Waals surface area contributed by atoms with E-state index in [0.29, 0.717) is 0 Å². The minimum atomic E-state index is 0.810. The van der Waals surface area contributed by atoms with Gasteiger partial charge in [0, 0.05) is 9.86 Å². The number of hydrogen-bond donors (Lipinski definition) is 1. The van der Waals surface area contributed by atoms with E-state index in [1.54, 1.807) is 0 Å². The van der Waals surface area contributed by atoms with E-state index in [1.807, 2.05) is 0 Å². The van der Waals surface area contributed by atoms with Gasteiger partial charge in [-0.1, -0.05) is 22.9 Å². The zero-order chi connectivity index (χ0) is 13.3. The second-order valence-electron chi connectivity index (χ2n) is 4.83. The molecule has 0 unspecified atom stereocenters. The van der Waals surface area contributed by atoms with Crippen LogP contribution in [0.5, 0.6) is 0 Å². The van der Waals surface area contributed by atoms with Crippen LogP contribution in [-0.4, -0.2) is 6.54 Å². The Hall–Kier alpha value is -0.800. The first kappa shape index (κ1) is 13.6. The van der Waals surface area contributed by atoms with Crippen molar-refractivity contribution in [1.29, 1.82) is 0 Å². The van der Waals surface area contributed by atoms with Crippen LogP contribution in [0.15, 0.2) is 15.0 Å². The van der Waals surface area contributed by atoms with Crippen molar-refractivity contribution in [2.24, 2.45) is 0 Å². The Kier molecular flexibility index (Phi) is 4.13. The maximum atomic E-state index is 5.98. The number of nitrogens with one attached hydrogen (secondary N) is 1. The van der Waals surface area contributed by atoms with E-state index in [9.17, 15) is 0 Å². The molecule has 0 aliphatic rings. The molecule has 0 radical (unpaired) electrons. The predicted molar refractivity (Wildman–Crippen MR) is 80.1 cm³/mol. The molecule has 2 aromatic rings. The second kappa shape index (κ2) is 5.45. The Bertz CT molecular complexity index is 572. The molecule has 1 heterocycles. The maximum Gasteiger partial charge on any atom is 0.135 e. The normalized spacial score (nSPS) is 11.4. The lowest BCUT2D eigenvalue weighted by Gasteiger charge is -2.04. The largest absolute Gasteiger partial charge is 0.459 e. The third-order valence-corrected chi connectivity index (χ3v) is 4.60. The highest BCUT2D eigenvalue weighted by atomic mass is 79.9. The summed E-state index contributed by atoms with van der Waals surface area (Å²) in [6, 6.07) is 2.11. The van der Waals surface area contributed by atoms with Crippen molar-refractivity contribution >= 4 is 26.9 Å². The van der Waals surface area contributed by atoms with Gasteiger partial charge in [0.15, 0.2) is 0 Å². The molecule has 0 saturated heterocycles. The summed E-state index contributed by atoms with van der Waals surface area (Å²) in [5.41, 5.74) is 4.75. The number of rotatable bonds is 4. The van der Waals surface area contributed by atoms with Crippen LogP contribution in [0.2, 0.25) is 0 Å². The molecule has 1 N–H and O–H groups in total. The van der Waals surface area contributed by atoms with Gasteiger partial charge in [-0.25, -0.2) is 0 Å². The van der Waals surface area contributed by atoms with E-state index in [0.717, 1.165) is 30.9 Å². The summed E-state index contributed by atoms with van der Waals surface area (Å²) in [5, 5.41) is 4.65. The third kappa shape index (κ3) is 2.34. The molecule has 0 spiro atoms. The lowest BCUT2D eigenvalue weighted by Crippen LogP contribution is -2.13. The van der Waals surface area contributed by atoms with Crippen molar-refractivity contribution in [3.8, 4) is 0 Å². The van der Waals surface area contributed by atoms with Crippen LogP contribution in [0, 0.1) is 20.8 Å². The Morgan fingerprint density at radius 3 is 2.61 bits per heavy atom. The van der Waals surface area contributed by atoms with Gasteiger partial charge in [-0.3, -0.25) is 0 Å². The molecule has 2 rings (SSSR count). The molecular formula is C15H20BrNO. The minimum absolute atomic E-state index is 0.810. The van der Waals surface area contributed by atoms with Gasteiger partial charge in [-0.05, 0) is 56.5 Å². The first-order chi connectivity index (χ1) is 8.56. The van der Waals surface area contributed by atoms with E-state index in [2.05, 4.69) is 55.0 Å². The fraction of sp³-hybridized carbons (Fsp3) is 0.467. The van der Waals surface area contributed by atoms with Crippen LogP contribution < -0.4 is 5.32 Å². The number of fused-ring (bicyclic) bond motifs is 1. The van der Waals surface area contributed by atoms with Gasteiger partial charge >= 0.3 is 0 Å². The number of hydrogen-bond acceptors (Lipinski definition) is 2. The third-order valence-electron chi connectivity index (χ3n) is 3.38. The predicted octanol–water partition coefficient (Wildman–Crippen LogP) is 4.62. The van der Waals surface area contributed by atoms with Gasteiger partial charge < -0.3 is 9.73 Å². The fourth-order valence-electron chi connectivity index (χ4n) is 2.37. The lowest BCUT2D eigenvalue weighted by molar-refractivity contribution is 0.510. The zero-order valence-corrected chi connectivity index (χ0v) is 13.1. The Labute approximate surface area is 117 Å². The van der Waals surface area contributed by atoms with Crippen molar-refractivity contribution in [2.75, 3.05) is 6.54 Å². The number of aryl methyl sites for hydroxylation is 3. The second-order valence-corrected chi connectivity index (χ2v) is 5.63. The molecule has 3 heteroatoms. The van der Waals surface area contributed by atoms with E-state index in [-0.39, 0.29) is 0 Å². The first-order valence-electron chi connectivity index (χ1n) is 6.44. The summed E-state index contributed by atoms with van der Waals surface area (Å²) in [4.78, 5) is 0. The number of benzene rings is 1. The molecule has 98 valence electrons. The van der Waals surface area contributed by atoms with Gasteiger partial charge in [0.2, 0.25) is 0 Å². The summed E-state index contributed by atoms with van der Waals surface area (Å²) in [5.74, 6) is 1.05. The van der Waals surface area contributed by atoms with Crippen LogP contribution >= 0.6 is 15.9 Å². The first-order valence-corrected chi connectivity index (χ1v) is 7.24. The van der Waals surface area contributed by atoms with Crippen molar-refractivity contribution in [3.05, 3.63) is 33.0 Å². The van der Waals surface area contributed by atoms with Gasteiger partial charge in [0.05, 0.1) is 6.54 Å². The number of furan rings is 1.